The zero-order valence-electron chi connectivity index (χ0n) is 17.8. The van der Waals surface area contributed by atoms with Crippen LogP contribution in [-0.4, -0.2) is 84.9 Å². The molecule has 0 bridgehead atoms. The molecule has 0 aliphatic carbocycles. The molecule has 3 aromatic heterocycles. The number of carbonyl (C=O) groups is 2. The molecule has 2 saturated heterocycles. The highest BCUT2D eigenvalue weighted by molar-refractivity contribution is 5.86. The Hall–Kier alpha value is -3.70. The van der Waals surface area contributed by atoms with Crippen molar-refractivity contribution in [3.8, 4) is 11.6 Å². The number of anilines is 2. The van der Waals surface area contributed by atoms with Crippen molar-refractivity contribution in [2.24, 2.45) is 0 Å². The molecule has 0 spiro atoms. The smallest absolute Gasteiger partial charge is 0.259 e. The van der Waals surface area contributed by atoms with Gasteiger partial charge in [-0.25, -0.2) is 0 Å². The van der Waals surface area contributed by atoms with Crippen molar-refractivity contribution in [1.29, 1.82) is 0 Å². The molecule has 0 radical (unpaired) electrons. The quantitative estimate of drug-likeness (QED) is 0.612. The van der Waals surface area contributed by atoms with Crippen LogP contribution in [0.5, 0.6) is 0 Å². The molecule has 1 atom stereocenters. The fraction of sp³-hybridized carbons (Fsp3) is 0.500. The summed E-state index contributed by atoms with van der Waals surface area (Å²) in [5.41, 5.74) is 6.13. The molecule has 12 heteroatoms. The van der Waals surface area contributed by atoms with Crippen LogP contribution in [0.3, 0.4) is 0 Å². The van der Waals surface area contributed by atoms with Crippen molar-refractivity contribution in [3.05, 3.63) is 18.4 Å². The Balaban J connectivity index is 1.36. The van der Waals surface area contributed by atoms with Crippen molar-refractivity contribution in [3.63, 3.8) is 0 Å². The number of hydrogen-bond donors (Lipinski definition) is 1. The summed E-state index contributed by atoms with van der Waals surface area (Å²) >= 11 is 0. The summed E-state index contributed by atoms with van der Waals surface area (Å²) in [6, 6.07) is 3.14. The number of aromatic nitrogens is 5. The highest BCUT2D eigenvalue weighted by Crippen LogP contribution is 2.26. The van der Waals surface area contributed by atoms with Crippen molar-refractivity contribution >= 4 is 29.5 Å². The summed E-state index contributed by atoms with van der Waals surface area (Å²) in [5.74, 6) is 1.82. The highest BCUT2D eigenvalue weighted by Gasteiger charge is 2.37. The van der Waals surface area contributed by atoms with E-state index in [9.17, 15) is 9.59 Å². The Bertz CT molecular complexity index is 1130. The van der Waals surface area contributed by atoms with Gasteiger partial charge in [0.1, 0.15) is 6.04 Å². The molecule has 5 heterocycles. The van der Waals surface area contributed by atoms with Gasteiger partial charge in [-0.2, -0.15) is 19.5 Å². The van der Waals surface area contributed by atoms with Gasteiger partial charge in [-0.15, -0.1) is 5.10 Å². The van der Waals surface area contributed by atoms with Crippen LogP contribution in [-0.2, 0) is 9.59 Å². The maximum atomic E-state index is 13.3. The van der Waals surface area contributed by atoms with E-state index in [1.165, 1.54) is 4.52 Å². The van der Waals surface area contributed by atoms with E-state index in [1.807, 2.05) is 21.6 Å². The van der Waals surface area contributed by atoms with Gasteiger partial charge in [0.25, 0.3) is 5.78 Å². The first kappa shape index (κ1) is 20.2. The number of piperazine rings is 1. The van der Waals surface area contributed by atoms with E-state index in [1.54, 1.807) is 18.4 Å². The van der Waals surface area contributed by atoms with E-state index in [-0.39, 0.29) is 23.8 Å². The van der Waals surface area contributed by atoms with Crippen LogP contribution < -0.4 is 10.6 Å². The second-order valence-corrected chi connectivity index (χ2v) is 7.92. The van der Waals surface area contributed by atoms with Gasteiger partial charge in [0.05, 0.1) is 6.26 Å². The third kappa shape index (κ3) is 3.51. The lowest BCUT2D eigenvalue weighted by atomic mass is 10.1. The van der Waals surface area contributed by atoms with Crippen LogP contribution in [0.2, 0.25) is 0 Å². The molecule has 2 N–H and O–H groups in total. The average molecular weight is 439 g/mol. The number of hydrogen-bond acceptors (Lipinski definition) is 9. The lowest BCUT2D eigenvalue weighted by Crippen LogP contribution is -2.55. The number of nitrogens with two attached hydrogens (primary N) is 1. The first-order valence-electron chi connectivity index (χ1n) is 10.8. The molecule has 32 heavy (non-hydrogen) atoms. The number of nitrogen functional groups attached to an aromatic ring is 1. The van der Waals surface area contributed by atoms with Crippen molar-refractivity contribution in [2.75, 3.05) is 43.4 Å². The maximum Gasteiger partial charge on any atom is 0.259 e. The standard InChI is InChI=1S/C20H25N9O3/c1-2-15(30)26-8-10-27(11-9-26)17(31)13-5-3-7-28(13)19-23-18(21)29-20(24-19)22-16(25-29)14-6-4-12-32-14/h4,6,12-13H,2-3,5,7-11H2,1H3,(H2,21,22,23,24,25)/t13-/m0/s1. The highest BCUT2D eigenvalue weighted by atomic mass is 16.3. The van der Waals surface area contributed by atoms with Crippen LogP contribution in [0, 0.1) is 0 Å². The van der Waals surface area contributed by atoms with Crippen LogP contribution in [0.15, 0.2) is 22.8 Å². The number of carbonyl (C=O) groups excluding carboxylic acids is 2. The molecule has 2 fully saturated rings. The van der Waals surface area contributed by atoms with Crippen LogP contribution >= 0.6 is 0 Å². The number of amides is 2. The molecule has 0 aromatic carbocycles. The zero-order valence-corrected chi connectivity index (χ0v) is 17.8. The average Bonchev–Trinajstić information content (AvgIpc) is 3.58. The Kier molecular flexibility index (Phi) is 5.11. The molecule has 2 aliphatic heterocycles. The van der Waals surface area contributed by atoms with Gasteiger partial charge in [-0.05, 0) is 25.0 Å². The molecular weight excluding hydrogens is 414 g/mol. The van der Waals surface area contributed by atoms with Crippen molar-refractivity contribution < 1.29 is 14.0 Å². The van der Waals surface area contributed by atoms with Crippen LogP contribution in [0.25, 0.3) is 17.4 Å². The second-order valence-electron chi connectivity index (χ2n) is 7.92. The Morgan fingerprint density at radius 3 is 2.62 bits per heavy atom. The van der Waals surface area contributed by atoms with Gasteiger partial charge < -0.3 is 24.9 Å². The van der Waals surface area contributed by atoms with Gasteiger partial charge in [0.15, 0.2) is 5.76 Å². The molecule has 2 aliphatic rings. The van der Waals surface area contributed by atoms with E-state index in [0.29, 0.717) is 68.9 Å². The van der Waals surface area contributed by atoms with Gasteiger partial charge >= 0.3 is 0 Å². The largest absolute Gasteiger partial charge is 0.461 e. The van der Waals surface area contributed by atoms with E-state index >= 15 is 0 Å². The summed E-state index contributed by atoms with van der Waals surface area (Å²) in [6.45, 7) is 4.71. The number of nitrogens with zero attached hydrogens (tertiary/aromatic N) is 8. The molecule has 3 aromatic rings. The fourth-order valence-corrected chi connectivity index (χ4v) is 4.31. The number of rotatable bonds is 4. The summed E-state index contributed by atoms with van der Waals surface area (Å²) in [5, 5.41) is 4.31. The minimum Gasteiger partial charge on any atom is -0.461 e. The molecule has 2 amide bonds. The van der Waals surface area contributed by atoms with Gasteiger partial charge in [-0.3, -0.25) is 9.59 Å². The van der Waals surface area contributed by atoms with Gasteiger partial charge in [0.2, 0.25) is 29.5 Å². The lowest BCUT2D eigenvalue weighted by molar-refractivity contribution is -0.140. The van der Waals surface area contributed by atoms with Gasteiger partial charge in [0, 0.05) is 39.1 Å². The number of fused-ring (bicyclic) bond motifs is 1. The maximum absolute atomic E-state index is 13.3. The summed E-state index contributed by atoms with van der Waals surface area (Å²) in [6.07, 6.45) is 3.59. The topological polar surface area (TPSA) is 139 Å². The third-order valence-corrected chi connectivity index (χ3v) is 6.00. The Labute approximate surface area is 184 Å². The van der Waals surface area contributed by atoms with Gasteiger partial charge in [-0.1, -0.05) is 6.92 Å². The van der Waals surface area contributed by atoms with Crippen molar-refractivity contribution in [2.45, 2.75) is 32.2 Å². The SMILES string of the molecule is CCC(=O)N1CCN(C(=O)[C@@H]2CCCN2c2nc(N)n3nc(-c4ccco4)nc3n2)CC1. The Morgan fingerprint density at radius 1 is 1.12 bits per heavy atom. The number of furan rings is 1. The molecule has 12 nitrogen and oxygen atoms in total. The summed E-state index contributed by atoms with van der Waals surface area (Å²) in [7, 11) is 0. The fourth-order valence-electron chi connectivity index (χ4n) is 4.31. The van der Waals surface area contributed by atoms with E-state index in [4.69, 9.17) is 10.2 Å². The third-order valence-electron chi connectivity index (χ3n) is 6.00. The molecule has 0 saturated carbocycles. The first-order chi connectivity index (χ1) is 15.5. The molecular formula is C20H25N9O3. The minimum absolute atomic E-state index is 0.0332. The van der Waals surface area contributed by atoms with E-state index in [0.717, 1.165) is 6.42 Å². The first-order valence-corrected chi connectivity index (χ1v) is 10.8. The van der Waals surface area contributed by atoms with Crippen LogP contribution in [0.1, 0.15) is 26.2 Å². The van der Waals surface area contributed by atoms with E-state index < -0.39 is 0 Å². The molecule has 168 valence electrons. The molecule has 0 unspecified atom stereocenters. The van der Waals surface area contributed by atoms with E-state index in [2.05, 4.69) is 20.1 Å². The minimum atomic E-state index is -0.363. The monoisotopic (exact) mass is 439 g/mol. The predicted octanol–water partition coefficient (Wildman–Crippen LogP) is 0.411. The van der Waals surface area contributed by atoms with Crippen LogP contribution in [0.4, 0.5) is 11.9 Å². The zero-order chi connectivity index (χ0) is 22.2. The molecule has 5 rings (SSSR count). The second kappa shape index (κ2) is 8.09. The Morgan fingerprint density at radius 2 is 1.91 bits per heavy atom. The predicted molar refractivity (Wildman–Crippen MR) is 115 cm³/mol. The summed E-state index contributed by atoms with van der Waals surface area (Å²) in [4.78, 5) is 44.1. The summed E-state index contributed by atoms with van der Waals surface area (Å²) < 4.78 is 6.71. The lowest BCUT2D eigenvalue weighted by Gasteiger charge is -2.37. The normalized spacial score (nSPS) is 19.2. The van der Waals surface area contributed by atoms with Crippen molar-refractivity contribution in [1.82, 2.24) is 34.4 Å².